The van der Waals surface area contributed by atoms with Gasteiger partial charge in [0.25, 0.3) is 0 Å². The van der Waals surface area contributed by atoms with E-state index in [0.717, 1.165) is 40.8 Å². The van der Waals surface area contributed by atoms with Crippen LogP contribution in [-0.4, -0.2) is 23.4 Å². The number of benzene rings is 1. The number of nitrogens with zero attached hydrogens (tertiary/aromatic N) is 1. The lowest BCUT2D eigenvalue weighted by molar-refractivity contribution is -0.156. The first-order valence-electron chi connectivity index (χ1n) is 11.0. The molecule has 1 fully saturated rings. The second kappa shape index (κ2) is 8.78. The van der Waals surface area contributed by atoms with E-state index in [2.05, 4.69) is 25.9 Å². The van der Waals surface area contributed by atoms with Crippen LogP contribution in [0.2, 0.25) is 10.0 Å². The number of allylic oxidation sites excluding steroid dienone is 1. The van der Waals surface area contributed by atoms with Crippen molar-refractivity contribution in [3.8, 4) is 0 Å². The van der Waals surface area contributed by atoms with Crippen LogP contribution in [0.5, 0.6) is 0 Å². The van der Waals surface area contributed by atoms with Gasteiger partial charge in [0.2, 0.25) is 0 Å². The van der Waals surface area contributed by atoms with Gasteiger partial charge in [0.05, 0.1) is 16.1 Å². The zero-order valence-corrected chi connectivity index (χ0v) is 20.8. The summed E-state index contributed by atoms with van der Waals surface area (Å²) in [7, 11) is 0. The van der Waals surface area contributed by atoms with Crippen LogP contribution in [0, 0.1) is 11.3 Å². The normalized spacial score (nSPS) is 28.8. The standard InChI is InChI=1S/C25H33Cl2NO3/c1-14(2)8-11-31-28-18-13-19-24(5,9-7-10-25(19,6)23(29)30)16-12-17(26)20(15(3)4)22(27)21(16)18/h8,12,15,19H,7,9-11,13H2,1-6H3,(H,29,30)/b28-18+/t19-,24-,25-/m1/s1. The average Bonchev–Trinajstić information content (AvgIpc) is 2.65. The zero-order chi connectivity index (χ0) is 23.1. The van der Waals surface area contributed by atoms with Gasteiger partial charge in [-0.2, -0.15) is 0 Å². The number of rotatable bonds is 5. The molecule has 0 saturated heterocycles. The first kappa shape index (κ1) is 24.1. The number of carboxylic acid groups (broad SMARTS) is 1. The van der Waals surface area contributed by atoms with Gasteiger partial charge in [0.15, 0.2) is 0 Å². The Bertz CT molecular complexity index is 949. The molecule has 170 valence electrons. The highest BCUT2D eigenvalue weighted by Crippen LogP contribution is 2.59. The number of carboxylic acids is 1. The monoisotopic (exact) mass is 465 g/mol. The van der Waals surface area contributed by atoms with E-state index in [4.69, 9.17) is 28.0 Å². The molecule has 6 heteroatoms. The Morgan fingerprint density at radius 2 is 2.00 bits per heavy atom. The van der Waals surface area contributed by atoms with Gasteiger partial charge in [-0.3, -0.25) is 4.79 Å². The molecule has 0 aromatic heterocycles. The fraction of sp³-hybridized carbons (Fsp3) is 0.600. The highest BCUT2D eigenvalue weighted by molar-refractivity contribution is 6.39. The van der Waals surface area contributed by atoms with Gasteiger partial charge in [-0.15, -0.1) is 0 Å². The minimum Gasteiger partial charge on any atom is -0.481 e. The van der Waals surface area contributed by atoms with E-state index < -0.39 is 11.4 Å². The van der Waals surface area contributed by atoms with Crippen LogP contribution in [-0.2, 0) is 15.0 Å². The van der Waals surface area contributed by atoms with Crippen molar-refractivity contribution in [3.63, 3.8) is 0 Å². The molecule has 1 aromatic rings. The molecule has 4 nitrogen and oxygen atoms in total. The molecule has 0 radical (unpaired) electrons. The molecular formula is C25H33Cl2NO3. The summed E-state index contributed by atoms with van der Waals surface area (Å²) in [6.07, 6.45) is 4.87. The highest BCUT2D eigenvalue weighted by atomic mass is 35.5. The number of hydrogen-bond acceptors (Lipinski definition) is 3. The summed E-state index contributed by atoms with van der Waals surface area (Å²) in [6.45, 7) is 12.5. The van der Waals surface area contributed by atoms with Crippen LogP contribution in [0.3, 0.4) is 0 Å². The van der Waals surface area contributed by atoms with E-state index >= 15 is 0 Å². The Morgan fingerprint density at radius 3 is 2.58 bits per heavy atom. The fourth-order valence-electron chi connectivity index (χ4n) is 5.50. The van der Waals surface area contributed by atoms with E-state index in [1.165, 1.54) is 0 Å². The molecule has 0 unspecified atom stereocenters. The smallest absolute Gasteiger partial charge is 0.309 e. The molecule has 2 aliphatic rings. The Labute approximate surface area is 195 Å². The van der Waals surface area contributed by atoms with E-state index in [1.54, 1.807) is 0 Å². The number of aliphatic carboxylic acids is 1. The van der Waals surface area contributed by atoms with Gasteiger partial charge >= 0.3 is 5.97 Å². The van der Waals surface area contributed by atoms with Gasteiger partial charge < -0.3 is 9.94 Å². The second-order valence-corrected chi connectivity index (χ2v) is 10.8. The van der Waals surface area contributed by atoms with Gasteiger partial charge in [-0.05, 0) is 80.6 Å². The summed E-state index contributed by atoms with van der Waals surface area (Å²) in [5, 5.41) is 15.9. The van der Waals surface area contributed by atoms with Crippen LogP contribution in [0.4, 0.5) is 0 Å². The average molecular weight is 466 g/mol. The Morgan fingerprint density at radius 1 is 1.32 bits per heavy atom. The number of carbonyl (C=O) groups is 1. The van der Waals surface area contributed by atoms with Gasteiger partial charge in [0.1, 0.15) is 6.61 Å². The van der Waals surface area contributed by atoms with Crippen molar-refractivity contribution < 1.29 is 14.7 Å². The van der Waals surface area contributed by atoms with Crippen LogP contribution in [0.1, 0.15) is 89.8 Å². The first-order chi connectivity index (χ1) is 14.4. The van der Waals surface area contributed by atoms with Crippen molar-refractivity contribution in [1.82, 2.24) is 0 Å². The van der Waals surface area contributed by atoms with Crippen molar-refractivity contribution in [2.75, 3.05) is 6.61 Å². The van der Waals surface area contributed by atoms with Gasteiger partial charge in [-0.25, -0.2) is 0 Å². The largest absolute Gasteiger partial charge is 0.481 e. The lowest BCUT2D eigenvalue weighted by atomic mass is 9.49. The Kier molecular flexibility index (Phi) is 6.84. The summed E-state index contributed by atoms with van der Waals surface area (Å²) in [5.41, 5.74) is 3.45. The molecule has 1 aromatic carbocycles. The minimum absolute atomic E-state index is 0.124. The van der Waals surface area contributed by atoms with Crippen LogP contribution >= 0.6 is 23.2 Å². The van der Waals surface area contributed by atoms with E-state index in [-0.39, 0.29) is 17.3 Å². The fourth-order valence-corrected chi connectivity index (χ4v) is 6.50. The topological polar surface area (TPSA) is 58.9 Å². The third kappa shape index (κ3) is 4.14. The van der Waals surface area contributed by atoms with E-state index in [0.29, 0.717) is 29.5 Å². The maximum Gasteiger partial charge on any atom is 0.309 e. The summed E-state index contributed by atoms with van der Waals surface area (Å²) < 4.78 is 0. The SMILES string of the molecule is CC(C)=CCO/N=C1\C[C@H]2[C@](C)(C(=O)O)CCC[C@]2(C)c2cc(Cl)c(C(C)C)c(Cl)c21. The predicted molar refractivity (Wildman–Crippen MR) is 128 cm³/mol. The molecule has 0 heterocycles. The van der Waals surface area contributed by atoms with Crippen LogP contribution in [0.25, 0.3) is 0 Å². The molecule has 0 bridgehead atoms. The quantitative estimate of drug-likeness (QED) is 0.280. The maximum absolute atomic E-state index is 12.4. The minimum atomic E-state index is -0.846. The van der Waals surface area contributed by atoms with Gasteiger partial charge in [0, 0.05) is 10.6 Å². The highest BCUT2D eigenvalue weighted by Gasteiger charge is 2.57. The third-order valence-corrected chi connectivity index (χ3v) is 8.00. The molecule has 1 N–H and O–H groups in total. The maximum atomic E-state index is 12.4. The van der Waals surface area contributed by atoms with Crippen molar-refractivity contribution in [2.45, 2.75) is 78.6 Å². The molecule has 0 amide bonds. The number of oxime groups is 1. The molecule has 1 saturated carbocycles. The van der Waals surface area contributed by atoms with E-state index in [9.17, 15) is 9.90 Å². The number of hydrogen-bond donors (Lipinski definition) is 1. The van der Waals surface area contributed by atoms with Crippen molar-refractivity contribution >= 4 is 34.9 Å². The summed E-state index contributed by atoms with van der Waals surface area (Å²) >= 11 is 13.7. The number of fused-ring (bicyclic) bond motifs is 3. The molecule has 0 aliphatic heterocycles. The van der Waals surface area contributed by atoms with Crippen molar-refractivity contribution in [1.29, 1.82) is 0 Å². The Balaban J connectivity index is 2.23. The molecule has 0 spiro atoms. The third-order valence-electron chi connectivity index (χ3n) is 7.29. The van der Waals surface area contributed by atoms with Gasteiger partial charge in [-0.1, -0.05) is 61.1 Å². The summed E-state index contributed by atoms with van der Waals surface area (Å²) in [6, 6.07) is 2.00. The van der Waals surface area contributed by atoms with Crippen molar-refractivity contribution in [3.05, 3.63) is 44.5 Å². The molecule has 3 rings (SSSR count). The second-order valence-electron chi connectivity index (χ2n) is 10.0. The lowest BCUT2D eigenvalue weighted by Gasteiger charge is -2.53. The van der Waals surface area contributed by atoms with Crippen LogP contribution in [0.15, 0.2) is 22.9 Å². The first-order valence-corrected chi connectivity index (χ1v) is 11.8. The van der Waals surface area contributed by atoms with Crippen LogP contribution < -0.4 is 0 Å². The van der Waals surface area contributed by atoms with E-state index in [1.807, 2.05) is 32.9 Å². The number of halogens is 2. The summed E-state index contributed by atoms with van der Waals surface area (Å²) in [4.78, 5) is 18.0. The molecule has 3 atom stereocenters. The molecular weight excluding hydrogens is 433 g/mol. The molecule has 31 heavy (non-hydrogen) atoms. The zero-order valence-electron chi connectivity index (χ0n) is 19.3. The predicted octanol–water partition coefficient (Wildman–Crippen LogP) is 7.36. The molecule has 2 aliphatic carbocycles. The Hall–Kier alpha value is -1.52. The summed E-state index contributed by atoms with van der Waals surface area (Å²) in [5.74, 6) is -0.728. The lowest BCUT2D eigenvalue weighted by Crippen LogP contribution is -2.53. The van der Waals surface area contributed by atoms with Crippen molar-refractivity contribution in [2.24, 2.45) is 16.5 Å².